The third-order valence-electron chi connectivity index (χ3n) is 7.46. The number of carbonyl (C=O) groups is 3. The Morgan fingerprint density at radius 3 is 2.50 bits per heavy atom. The Morgan fingerprint density at radius 2 is 1.97 bits per heavy atom. The first kappa shape index (κ1) is 23.1. The largest absolute Gasteiger partial charge is 0.468 e. The number of fused-ring (bicyclic) bond motifs is 2. The van der Waals surface area contributed by atoms with Crippen molar-refractivity contribution in [2.45, 2.75) is 57.5 Å². The molecule has 0 bridgehead atoms. The monoisotopic (exact) mass is 440 g/mol. The molecular formula is C21H32O8Si. The Labute approximate surface area is 178 Å². The minimum atomic E-state index is -2.14. The average Bonchev–Trinajstić information content (AvgIpc) is 3.06. The van der Waals surface area contributed by atoms with Crippen molar-refractivity contribution >= 4 is 26.0 Å². The molecule has 5 atom stereocenters. The minimum Gasteiger partial charge on any atom is -0.468 e. The molecule has 1 saturated carbocycles. The van der Waals surface area contributed by atoms with E-state index in [1.54, 1.807) is 0 Å². The van der Waals surface area contributed by atoms with E-state index in [0.29, 0.717) is 0 Å². The van der Waals surface area contributed by atoms with Crippen molar-refractivity contribution in [2.75, 3.05) is 26.9 Å². The van der Waals surface area contributed by atoms with Crippen LogP contribution in [0.15, 0.2) is 12.2 Å². The molecule has 9 heteroatoms. The Morgan fingerprint density at radius 1 is 1.30 bits per heavy atom. The van der Waals surface area contributed by atoms with Crippen molar-refractivity contribution in [3.8, 4) is 0 Å². The highest BCUT2D eigenvalue weighted by Crippen LogP contribution is 2.58. The molecule has 0 unspecified atom stereocenters. The Balaban J connectivity index is 2.04. The standard InChI is InChI=1S/C21H32O8Si/c1-19(2,3)30(5,6)29-10-13-17-20(8-7-16(24)28-11-20)14(22)9-15(23)21(17,12-27-13)18(25)26-4/h7-8,13,15,17,23H,9-12H2,1-6H3/t13-,15+,17+,20+,21-/m0/s1. The lowest BCUT2D eigenvalue weighted by molar-refractivity contribution is -0.182. The number of aliphatic hydroxyl groups excluding tert-OH is 1. The summed E-state index contributed by atoms with van der Waals surface area (Å²) in [6, 6.07) is 0. The van der Waals surface area contributed by atoms with Crippen molar-refractivity contribution in [3.05, 3.63) is 12.2 Å². The van der Waals surface area contributed by atoms with Gasteiger partial charge in [-0.25, -0.2) is 4.79 Å². The average molecular weight is 441 g/mol. The molecular weight excluding hydrogens is 408 g/mol. The minimum absolute atomic E-state index is 0.0368. The summed E-state index contributed by atoms with van der Waals surface area (Å²) in [4.78, 5) is 37.8. The van der Waals surface area contributed by atoms with E-state index in [1.807, 2.05) is 0 Å². The van der Waals surface area contributed by atoms with Gasteiger partial charge in [-0.15, -0.1) is 0 Å². The van der Waals surface area contributed by atoms with E-state index < -0.39 is 49.2 Å². The zero-order valence-electron chi connectivity index (χ0n) is 18.5. The van der Waals surface area contributed by atoms with Crippen LogP contribution in [-0.2, 0) is 33.0 Å². The van der Waals surface area contributed by atoms with Crippen LogP contribution in [0.1, 0.15) is 27.2 Å². The van der Waals surface area contributed by atoms with Gasteiger partial charge in [-0.05, 0) is 18.1 Å². The number of hydrogen-bond donors (Lipinski definition) is 1. The van der Waals surface area contributed by atoms with Crippen molar-refractivity contribution in [1.29, 1.82) is 0 Å². The lowest BCUT2D eigenvalue weighted by atomic mass is 9.52. The van der Waals surface area contributed by atoms with E-state index in [9.17, 15) is 19.5 Å². The zero-order valence-corrected chi connectivity index (χ0v) is 19.5. The van der Waals surface area contributed by atoms with E-state index in [0.717, 1.165) is 0 Å². The van der Waals surface area contributed by atoms with Crippen LogP contribution in [0.4, 0.5) is 0 Å². The number of Topliss-reactive ketones (excluding diaryl/α,β-unsaturated/α-hetero) is 1. The van der Waals surface area contributed by atoms with Crippen molar-refractivity contribution < 1.29 is 38.1 Å². The summed E-state index contributed by atoms with van der Waals surface area (Å²) in [6.07, 6.45) is 0.594. The number of cyclic esters (lactones) is 1. The fraction of sp³-hybridized carbons (Fsp3) is 0.762. The van der Waals surface area contributed by atoms with E-state index in [2.05, 4.69) is 33.9 Å². The molecule has 3 rings (SSSR count). The van der Waals surface area contributed by atoms with Gasteiger partial charge in [0.1, 0.15) is 17.8 Å². The van der Waals surface area contributed by atoms with E-state index in [4.69, 9.17) is 18.6 Å². The summed E-state index contributed by atoms with van der Waals surface area (Å²) in [5.74, 6) is -2.24. The predicted molar refractivity (Wildman–Crippen MR) is 109 cm³/mol. The fourth-order valence-electron chi connectivity index (χ4n) is 4.61. The first-order valence-corrected chi connectivity index (χ1v) is 13.1. The molecule has 1 aliphatic carbocycles. The lowest BCUT2D eigenvalue weighted by Crippen LogP contribution is -2.64. The third kappa shape index (κ3) is 3.35. The molecule has 8 nitrogen and oxygen atoms in total. The highest BCUT2D eigenvalue weighted by molar-refractivity contribution is 6.74. The number of ketones is 1. The molecule has 168 valence electrons. The number of ether oxygens (including phenoxy) is 3. The number of rotatable bonds is 4. The molecule has 0 radical (unpaired) electrons. The van der Waals surface area contributed by atoms with Crippen LogP contribution in [0.25, 0.3) is 0 Å². The molecule has 2 fully saturated rings. The molecule has 2 aliphatic heterocycles. The van der Waals surface area contributed by atoms with Gasteiger partial charge in [-0.2, -0.15) is 0 Å². The SMILES string of the molecule is COC(=O)[C@]12CO[C@@H](CO[Si](C)(C)C(C)(C)C)[C@@H]1[C@@]1(C=CC(=O)OC1)C(=O)C[C@H]2O. The van der Waals surface area contributed by atoms with Gasteiger partial charge in [0.15, 0.2) is 8.32 Å². The molecule has 1 spiro atoms. The van der Waals surface area contributed by atoms with Crippen LogP contribution in [-0.4, -0.2) is 70.3 Å². The summed E-state index contributed by atoms with van der Waals surface area (Å²) in [5.41, 5.74) is -2.70. The summed E-state index contributed by atoms with van der Waals surface area (Å²) in [7, 11) is -0.892. The molecule has 30 heavy (non-hydrogen) atoms. The maximum Gasteiger partial charge on any atom is 0.330 e. The van der Waals surface area contributed by atoms with E-state index in [-0.39, 0.29) is 37.1 Å². The number of carbonyl (C=O) groups excluding carboxylic acids is 3. The van der Waals surface area contributed by atoms with Gasteiger partial charge in [0, 0.05) is 18.4 Å². The van der Waals surface area contributed by atoms with Crippen LogP contribution in [0, 0.1) is 16.7 Å². The molecule has 3 aliphatic rings. The quantitative estimate of drug-likeness (QED) is 0.519. The second-order valence-corrected chi connectivity index (χ2v) is 14.9. The number of methoxy groups -OCH3 is 1. The number of hydrogen-bond acceptors (Lipinski definition) is 8. The van der Waals surface area contributed by atoms with Crippen molar-refractivity contribution in [1.82, 2.24) is 0 Å². The predicted octanol–water partition coefficient (Wildman–Crippen LogP) is 1.62. The Bertz CT molecular complexity index is 769. The maximum absolute atomic E-state index is 13.1. The molecule has 0 aromatic carbocycles. The van der Waals surface area contributed by atoms with Gasteiger partial charge in [-0.3, -0.25) is 9.59 Å². The summed E-state index contributed by atoms with van der Waals surface area (Å²) >= 11 is 0. The molecule has 1 N–H and O–H groups in total. The summed E-state index contributed by atoms with van der Waals surface area (Å²) < 4.78 is 22.6. The third-order valence-corrected chi connectivity index (χ3v) is 12.0. The van der Waals surface area contributed by atoms with Crippen LogP contribution in [0.2, 0.25) is 18.1 Å². The Hall–Kier alpha value is -1.55. The molecule has 0 amide bonds. The maximum atomic E-state index is 13.1. The van der Waals surface area contributed by atoms with Crippen LogP contribution < -0.4 is 0 Å². The second kappa shape index (κ2) is 7.54. The van der Waals surface area contributed by atoms with E-state index in [1.165, 1.54) is 19.3 Å². The first-order chi connectivity index (χ1) is 13.8. The van der Waals surface area contributed by atoms with Crippen molar-refractivity contribution in [3.63, 3.8) is 0 Å². The van der Waals surface area contributed by atoms with Crippen LogP contribution in [0.5, 0.6) is 0 Å². The van der Waals surface area contributed by atoms with Crippen LogP contribution in [0.3, 0.4) is 0 Å². The van der Waals surface area contributed by atoms with Gasteiger partial charge in [0.2, 0.25) is 0 Å². The normalized spacial score (nSPS) is 36.6. The molecule has 1 saturated heterocycles. The number of esters is 2. The zero-order chi connectivity index (χ0) is 22.5. The van der Waals surface area contributed by atoms with Gasteiger partial charge < -0.3 is 23.7 Å². The van der Waals surface area contributed by atoms with Gasteiger partial charge in [0.25, 0.3) is 0 Å². The van der Waals surface area contributed by atoms with Gasteiger partial charge in [0.05, 0.1) is 37.9 Å². The molecule has 0 aromatic rings. The topological polar surface area (TPSA) is 108 Å². The molecule has 2 heterocycles. The van der Waals surface area contributed by atoms with E-state index >= 15 is 0 Å². The smallest absolute Gasteiger partial charge is 0.330 e. The highest BCUT2D eigenvalue weighted by atomic mass is 28.4. The van der Waals surface area contributed by atoms with Gasteiger partial charge in [-0.1, -0.05) is 26.8 Å². The number of aliphatic hydroxyl groups is 1. The second-order valence-electron chi connectivity index (χ2n) is 10.1. The first-order valence-electron chi connectivity index (χ1n) is 10.2. The van der Waals surface area contributed by atoms with Crippen molar-refractivity contribution in [2.24, 2.45) is 16.7 Å². The van der Waals surface area contributed by atoms with Gasteiger partial charge >= 0.3 is 11.9 Å². The summed E-state index contributed by atoms with van der Waals surface area (Å²) in [5, 5.41) is 10.8. The lowest BCUT2D eigenvalue weighted by Gasteiger charge is -2.50. The molecule has 0 aromatic heterocycles. The van der Waals surface area contributed by atoms with Crippen LogP contribution >= 0.6 is 0 Å². The summed E-state index contributed by atoms with van der Waals surface area (Å²) in [6.45, 7) is 10.4. The fourth-order valence-corrected chi connectivity index (χ4v) is 5.63. The highest BCUT2D eigenvalue weighted by Gasteiger charge is 2.71. The Kier molecular flexibility index (Phi) is 5.81.